The molecule has 5 nitrogen and oxygen atoms in total. The third kappa shape index (κ3) is 7.23. The molecule has 0 atom stereocenters. The van der Waals surface area contributed by atoms with Crippen LogP contribution in [0.4, 0.5) is 0 Å². The van der Waals surface area contributed by atoms with Gasteiger partial charge in [0.25, 0.3) is 0 Å². The lowest BCUT2D eigenvalue weighted by atomic mass is 10.2. The molecule has 1 rings (SSSR count). The van der Waals surface area contributed by atoms with Crippen LogP contribution in [0.25, 0.3) is 0 Å². The Labute approximate surface area is 150 Å². The Kier molecular flexibility index (Phi) is 8.85. The second-order valence-corrected chi connectivity index (χ2v) is 6.15. The summed E-state index contributed by atoms with van der Waals surface area (Å²) in [6, 6.07) is 5.57. The van der Waals surface area contributed by atoms with Gasteiger partial charge in [-0.1, -0.05) is 6.58 Å². The molecular formula is C14H14I2O5. The van der Waals surface area contributed by atoms with Crippen LogP contribution in [0.5, 0.6) is 0 Å². The molecule has 0 amide bonds. The van der Waals surface area contributed by atoms with Crippen molar-refractivity contribution < 1.29 is 23.8 Å². The largest absolute Gasteiger partial charge is 0.460 e. The minimum absolute atomic E-state index is 0.146. The van der Waals surface area contributed by atoms with Gasteiger partial charge in [-0.25, -0.2) is 9.59 Å². The van der Waals surface area contributed by atoms with Crippen LogP contribution in [0.2, 0.25) is 0 Å². The van der Waals surface area contributed by atoms with Gasteiger partial charge in [0.1, 0.15) is 13.2 Å². The van der Waals surface area contributed by atoms with E-state index in [4.69, 9.17) is 14.2 Å². The standard InChI is InChI=1S/C14H14I2O5/c1-2-13(17)20-7-5-19-6-8-21-14(18)11-9-10(15)3-4-12(11)16/h2-4,9H,1,5-8H2. The van der Waals surface area contributed by atoms with Crippen LogP contribution in [-0.4, -0.2) is 38.4 Å². The van der Waals surface area contributed by atoms with E-state index in [1.54, 1.807) is 6.07 Å². The van der Waals surface area contributed by atoms with E-state index in [2.05, 4.69) is 51.8 Å². The number of ether oxygens (including phenoxy) is 3. The fraction of sp³-hybridized carbons (Fsp3) is 0.286. The predicted octanol–water partition coefficient (Wildman–Crippen LogP) is 2.80. The molecule has 1 aromatic rings. The average Bonchev–Trinajstić information content (AvgIpc) is 2.48. The highest BCUT2D eigenvalue weighted by atomic mass is 127. The first kappa shape index (κ1) is 18.4. The number of hydrogen-bond acceptors (Lipinski definition) is 5. The topological polar surface area (TPSA) is 61.8 Å². The summed E-state index contributed by atoms with van der Waals surface area (Å²) < 4.78 is 16.8. The summed E-state index contributed by atoms with van der Waals surface area (Å²) in [7, 11) is 0. The molecule has 0 aliphatic heterocycles. The van der Waals surface area contributed by atoms with Crippen LogP contribution in [0.1, 0.15) is 10.4 Å². The second kappa shape index (κ2) is 10.1. The van der Waals surface area contributed by atoms with Gasteiger partial charge >= 0.3 is 11.9 Å². The number of rotatable bonds is 8. The van der Waals surface area contributed by atoms with Crippen molar-refractivity contribution in [2.75, 3.05) is 26.4 Å². The number of benzene rings is 1. The molecule has 0 N–H and O–H groups in total. The van der Waals surface area contributed by atoms with Crippen LogP contribution in [0, 0.1) is 7.14 Å². The molecule has 0 heterocycles. The van der Waals surface area contributed by atoms with Gasteiger partial charge in [0.15, 0.2) is 0 Å². The Morgan fingerprint density at radius 3 is 2.43 bits per heavy atom. The molecule has 7 heteroatoms. The van der Waals surface area contributed by atoms with Crippen LogP contribution >= 0.6 is 45.2 Å². The van der Waals surface area contributed by atoms with Gasteiger partial charge < -0.3 is 14.2 Å². The third-order valence-corrected chi connectivity index (χ3v) is 3.86. The van der Waals surface area contributed by atoms with E-state index < -0.39 is 5.97 Å². The van der Waals surface area contributed by atoms with E-state index in [0.29, 0.717) is 5.56 Å². The minimum atomic E-state index is -0.488. The van der Waals surface area contributed by atoms with Crippen molar-refractivity contribution in [3.05, 3.63) is 43.6 Å². The minimum Gasteiger partial charge on any atom is -0.460 e. The van der Waals surface area contributed by atoms with E-state index >= 15 is 0 Å². The van der Waals surface area contributed by atoms with Gasteiger partial charge in [0, 0.05) is 13.2 Å². The highest BCUT2D eigenvalue weighted by Crippen LogP contribution is 2.16. The zero-order chi connectivity index (χ0) is 15.7. The molecule has 0 spiro atoms. The summed E-state index contributed by atoms with van der Waals surface area (Å²) in [5.41, 5.74) is 0.544. The lowest BCUT2D eigenvalue weighted by Gasteiger charge is -2.08. The normalized spacial score (nSPS) is 10.0. The lowest BCUT2D eigenvalue weighted by Crippen LogP contribution is -2.14. The van der Waals surface area contributed by atoms with Crippen molar-refractivity contribution in [1.82, 2.24) is 0 Å². The van der Waals surface area contributed by atoms with Gasteiger partial charge in [-0.15, -0.1) is 0 Å². The molecule has 0 saturated heterocycles. The zero-order valence-electron chi connectivity index (χ0n) is 11.1. The monoisotopic (exact) mass is 516 g/mol. The van der Waals surface area contributed by atoms with Crippen molar-refractivity contribution in [3.8, 4) is 0 Å². The summed E-state index contributed by atoms with van der Waals surface area (Å²) in [5, 5.41) is 0. The Morgan fingerprint density at radius 2 is 1.76 bits per heavy atom. The molecule has 0 aliphatic rings. The second-order valence-electron chi connectivity index (χ2n) is 3.74. The van der Waals surface area contributed by atoms with Gasteiger partial charge in [0.2, 0.25) is 0 Å². The van der Waals surface area contributed by atoms with Crippen LogP contribution < -0.4 is 0 Å². The Morgan fingerprint density at radius 1 is 1.10 bits per heavy atom. The zero-order valence-corrected chi connectivity index (χ0v) is 15.5. The predicted molar refractivity (Wildman–Crippen MR) is 94.1 cm³/mol. The van der Waals surface area contributed by atoms with E-state index in [1.165, 1.54) is 0 Å². The Balaban J connectivity index is 2.21. The first-order valence-electron chi connectivity index (χ1n) is 6.03. The summed E-state index contributed by atoms with van der Waals surface area (Å²) in [5.74, 6) is -0.863. The summed E-state index contributed by atoms with van der Waals surface area (Å²) in [6.07, 6.45) is 1.09. The van der Waals surface area contributed by atoms with Crippen molar-refractivity contribution >= 4 is 57.1 Å². The van der Waals surface area contributed by atoms with Gasteiger partial charge in [-0.2, -0.15) is 0 Å². The van der Waals surface area contributed by atoms with Gasteiger partial charge in [-0.05, 0) is 63.4 Å². The molecule has 0 saturated carbocycles. The third-order valence-electron chi connectivity index (χ3n) is 2.25. The number of halogens is 2. The van der Waals surface area contributed by atoms with Gasteiger partial charge in [-0.3, -0.25) is 0 Å². The molecule has 114 valence electrons. The van der Waals surface area contributed by atoms with Crippen molar-refractivity contribution in [1.29, 1.82) is 0 Å². The van der Waals surface area contributed by atoms with E-state index in [9.17, 15) is 9.59 Å². The van der Waals surface area contributed by atoms with Crippen LogP contribution in [0.3, 0.4) is 0 Å². The van der Waals surface area contributed by atoms with E-state index in [-0.39, 0.29) is 32.4 Å². The smallest absolute Gasteiger partial charge is 0.339 e. The summed E-state index contributed by atoms with van der Waals surface area (Å²) in [4.78, 5) is 22.6. The molecule has 0 radical (unpaired) electrons. The molecule has 1 aromatic carbocycles. The average molecular weight is 516 g/mol. The molecule has 0 aliphatic carbocycles. The Hall–Kier alpha value is -0.680. The molecule has 0 fully saturated rings. The Bertz CT molecular complexity index is 516. The summed E-state index contributed by atoms with van der Waals surface area (Å²) >= 11 is 4.23. The van der Waals surface area contributed by atoms with Crippen molar-refractivity contribution in [2.45, 2.75) is 0 Å². The molecule has 0 unspecified atom stereocenters. The number of esters is 2. The number of hydrogen-bond donors (Lipinski definition) is 0. The first-order chi connectivity index (χ1) is 10.0. The van der Waals surface area contributed by atoms with Crippen LogP contribution in [-0.2, 0) is 19.0 Å². The quantitative estimate of drug-likeness (QED) is 0.231. The molecular weight excluding hydrogens is 502 g/mol. The van der Waals surface area contributed by atoms with E-state index in [1.807, 2.05) is 12.1 Å². The van der Waals surface area contributed by atoms with Crippen molar-refractivity contribution in [2.24, 2.45) is 0 Å². The van der Waals surface area contributed by atoms with Crippen molar-refractivity contribution in [3.63, 3.8) is 0 Å². The number of carbonyl (C=O) groups is 2. The molecule has 21 heavy (non-hydrogen) atoms. The highest BCUT2D eigenvalue weighted by molar-refractivity contribution is 14.1. The summed E-state index contributed by atoms with van der Waals surface area (Å²) in [6.45, 7) is 4.07. The maximum atomic E-state index is 11.9. The fourth-order valence-corrected chi connectivity index (χ4v) is 2.33. The maximum Gasteiger partial charge on any atom is 0.339 e. The lowest BCUT2D eigenvalue weighted by molar-refractivity contribution is -0.139. The van der Waals surface area contributed by atoms with Gasteiger partial charge in [0.05, 0.1) is 18.8 Å². The molecule has 0 bridgehead atoms. The highest BCUT2D eigenvalue weighted by Gasteiger charge is 2.11. The van der Waals surface area contributed by atoms with E-state index in [0.717, 1.165) is 13.2 Å². The SMILES string of the molecule is C=CC(=O)OCCOCCOC(=O)c1cc(I)ccc1I. The first-order valence-corrected chi connectivity index (χ1v) is 8.19. The molecule has 0 aromatic heterocycles. The maximum absolute atomic E-state index is 11.9. The number of carbonyl (C=O) groups excluding carboxylic acids is 2. The fourth-order valence-electron chi connectivity index (χ4n) is 1.29. The van der Waals surface area contributed by atoms with Crippen LogP contribution in [0.15, 0.2) is 30.9 Å².